The number of allylic oxidation sites excluding steroid dienone is 1. The average molecular weight is 227 g/mol. The van der Waals surface area contributed by atoms with Crippen LogP contribution in [0.3, 0.4) is 0 Å². The predicted octanol–water partition coefficient (Wildman–Crippen LogP) is 5.14. The van der Waals surface area contributed by atoms with Crippen LogP contribution in [0.5, 0.6) is 0 Å². The number of hydrogen-bond donors (Lipinski definition) is 0. The summed E-state index contributed by atoms with van der Waals surface area (Å²) < 4.78 is 0. The minimum atomic E-state index is 0.796. The first-order valence-electron chi connectivity index (χ1n) is 4.90. The number of thioether (sulfide) groups is 1. The van der Waals surface area contributed by atoms with E-state index in [0.29, 0.717) is 0 Å². The largest absolute Gasteiger partial charge is 0.0984 e. The second-order valence-corrected chi connectivity index (χ2v) is 4.50. The van der Waals surface area contributed by atoms with Crippen LogP contribution in [0.25, 0.3) is 0 Å². The van der Waals surface area contributed by atoms with Gasteiger partial charge < -0.3 is 0 Å². The zero-order valence-corrected chi connectivity index (χ0v) is 9.94. The van der Waals surface area contributed by atoms with Gasteiger partial charge in [-0.25, -0.2) is 0 Å². The highest BCUT2D eigenvalue weighted by Crippen LogP contribution is 2.21. The van der Waals surface area contributed by atoms with E-state index < -0.39 is 0 Å². The van der Waals surface area contributed by atoms with Gasteiger partial charge in [0, 0.05) is 9.92 Å². The van der Waals surface area contributed by atoms with Crippen molar-refractivity contribution in [2.45, 2.75) is 31.1 Å². The number of benzene rings is 1. The van der Waals surface area contributed by atoms with E-state index in [1.165, 1.54) is 24.2 Å². The Bertz CT molecular complexity index is 277. The van der Waals surface area contributed by atoms with Crippen molar-refractivity contribution in [1.29, 1.82) is 0 Å². The molecular weight excluding hydrogens is 212 g/mol. The van der Waals surface area contributed by atoms with Gasteiger partial charge >= 0.3 is 0 Å². The third-order valence-electron chi connectivity index (χ3n) is 1.84. The van der Waals surface area contributed by atoms with Gasteiger partial charge in [0.2, 0.25) is 0 Å². The van der Waals surface area contributed by atoms with Gasteiger partial charge in [-0.3, -0.25) is 0 Å². The molecule has 0 aliphatic heterocycles. The first-order valence-corrected chi connectivity index (χ1v) is 6.16. The molecule has 0 amide bonds. The number of halogens is 1. The van der Waals surface area contributed by atoms with Crippen molar-refractivity contribution in [2.24, 2.45) is 0 Å². The van der Waals surface area contributed by atoms with Crippen LogP contribution >= 0.6 is 23.4 Å². The Morgan fingerprint density at radius 2 is 2.00 bits per heavy atom. The van der Waals surface area contributed by atoms with Crippen LogP contribution in [-0.4, -0.2) is 0 Å². The van der Waals surface area contributed by atoms with E-state index >= 15 is 0 Å². The molecule has 0 atom stereocenters. The van der Waals surface area contributed by atoms with E-state index in [-0.39, 0.29) is 0 Å². The van der Waals surface area contributed by atoms with Gasteiger partial charge in [-0.05, 0) is 36.1 Å². The normalized spacial score (nSPS) is 11.0. The monoisotopic (exact) mass is 226 g/mol. The molecule has 1 aromatic carbocycles. The van der Waals surface area contributed by atoms with Crippen LogP contribution in [-0.2, 0) is 0 Å². The first kappa shape index (κ1) is 11.7. The summed E-state index contributed by atoms with van der Waals surface area (Å²) in [5.41, 5.74) is 0. The zero-order chi connectivity index (χ0) is 10.2. The van der Waals surface area contributed by atoms with Crippen molar-refractivity contribution in [3.05, 3.63) is 40.8 Å². The molecule has 76 valence electrons. The Balaban J connectivity index is 2.30. The smallest absolute Gasteiger partial charge is 0.0406 e. The molecular formula is C12H15ClS. The van der Waals surface area contributed by atoms with Crippen LogP contribution in [0.15, 0.2) is 40.6 Å². The van der Waals surface area contributed by atoms with Crippen molar-refractivity contribution >= 4 is 23.4 Å². The van der Waals surface area contributed by atoms with E-state index in [1.807, 2.05) is 24.3 Å². The molecule has 0 bridgehead atoms. The molecule has 0 aromatic heterocycles. The molecule has 2 heteroatoms. The Labute approximate surface area is 95.4 Å². The van der Waals surface area contributed by atoms with Gasteiger partial charge in [-0.2, -0.15) is 0 Å². The lowest BCUT2D eigenvalue weighted by Gasteiger charge is -1.95. The lowest BCUT2D eigenvalue weighted by atomic mass is 10.2. The summed E-state index contributed by atoms with van der Waals surface area (Å²) >= 11 is 7.53. The summed E-state index contributed by atoms with van der Waals surface area (Å²) in [5, 5.41) is 2.95. The quantitative estimate of drug-likeness (QED) is 0.495. The maximum atomic E-state index is 5.79. The number of hydrogen-bond acceptors (Lipinski definition) is 1. The van der Waals surface area contributed by atoms with E-state index in [1.54, 1.807) is 11.8 Å². The van der Waals surface area contributed by atoms with Crippen molar-refractivity contribution in [3.63, 3.8) is 0 Å². The lowest BCUT2D eigenvalue weighted by molar-refractivity contribution is 0.815. The Hall–Kier alpha value is -0.400. The molecule has 1 aromatic rings. The van der Waals surface area contributed by atoms with Crippen LogP contribution in [0.2, 0.25) is 5.02 Å². The van der Waals surface area contributed by atoms with E-state index in [2.05, 4.69) is 18.4 Å². The van der Waals surface area contributed by atoms with E-state index in [0.717, 1.165) is 5.02 Å². The Morgan fingerprint density at radius 3 is 2.64 bits per heavy atom. The SMILES string of the molecule is CCCC/C=C/Sc1ccc(Cl)cc1. The van der Waals surface area contributed by atoms with Crippen molar-refractivity contribution in [2.75, 3.05) is 0 Å². The van der Waals surface area contributed by atoms with Crippen LogP contribution < -0.4 is 0 Å². The molecule has 0 saturated heterocycles. The minimum Gasteiger partial charge on any atom is -0.0984 e. The van der Waals surface area contributed by atoms with Gasteiger partial charge in [0.15, 0.2) is 0 Å². The Kier molecular flexibility index (Phi) is 5.81. The predicted molar refractivity (Wildman–Crippen MR) is 66.0 cm³/mol. The Morgan fingerprint density at radius 1 is 1.29 bits per heavy atom. The highest BCUT2D eigenvalue weighted by atomic mass is 35.5. The van der Waals surface area contributed by atoms with Crippen LogP contribution in [0, 0.1) is 0 Å². The molecule has 0 N–H and O–H groups in total. The molecule has 0 fully saturated rings. The maximum absolute atomic E-state index is 5.79. The molecule has 1 rings (SSSR count). The van der Waals surface area contributed by atoms with Crippen LogP contribution in [0.4, 0.5) is 0 Å². The van der Waals surface area contributed by atoms with Crippen molar-refractivity contribution in [1.82, 2.24) is 0 Å². The third kappa shape index (κ3) is 4.73. The fraction of sp³-hybridized carbons (Fsp3) is 0.333. The molecule has 0 unspecified atom stereocenters. The molecule has 0 nitrogen and oxygen atoms in total. The second kappa shape index (κ2) is 6.97. The lowest BCUT2D eigenvalue weighted by Crippen LogP contribution is -1.68. The molecule has 0 spiro atoms. The summed E-state index contributed by atoms with van der Waals surface area (Å²) in [5.74, 6) is 0. The van der Waals surface area contributed by atoms with Gasteiger partial charge in [0.05, 0.1) is 0 Å². The summed E-state index contributed by atoms with van der Waals surface area (Å²) in [6.45, 7) is 2.21. The van der Waals surface area contributed by atoms with Gasteiger partial charge in [-0.1, -0.05) is 49.2 Å². The highest BCUT2D eigenvalue weighted by molar-refractivity contribution is 8.02. The van der Waals surface area contributed by atoms with Crippen molar-refractivity contribution < 1.29 is 0 Å². The number of rotatable bonds is 5. The first-order chi connectivity index (χ1) is 6.83. The maximum Gasteiger partial charge on any atom is 0.0406 e. The summed E-state index contributed by atoms with van der Waals surface area (Å²) in [6, 6.07) is 7.92. The number of unbranched alkanes of at least 4 members (excludes halogenated alkanes) is 2. The highest BCUT2D eigenvalue weighted by Gasteiger charge is 1.89. The van der Waals surface area contributed by atoms with Crippen molar-refractivity contribution in [3.8, 4) is 0 Å². The molecule has 0 aliphatic rings. The molecule has 0 heterocycles. The molecule has 0 aliphatic carbocycles. The van der Waals surface area contributed by atoms with E-state index in [4.69, 9.17) is 11.6 Å². The average Bonchev–Trinajstić information content (AvgIpc) is 2.21. The standard InChI is InChI=1S/C12H15ClS/c1-2-3-4-5-10-14-12-8-6-11(13)7-9-12/h5-10H,2-4H2,1H3/b10-5+. The fourth-order valence-electron chi connectivity index (χ4n) is 1.03. The zero-order valence-electron chi connectivity index (χ0n) is 8.37. The topological polar surface area (TPSA) is 0 Å². The second-order valence-electron chi connectivity index (χ2n) is 3.09. The van der Waals surface area contributed by atoms with Gasteiger partial charge in [0.1, 0.15) is 0 Å². The van der Waals surface area contributed by atoms with Gasteiger partial charge in [0.25, 0.3) is 0 Å². The molecule has 14 heavy (non-hydrogen) atoms. The summed E-state index contributed by atoms with van der Waals surface area (Å²) in [7, 11) is 0. The molecule has 0 saturated carbocycles. The van der Waals surface area contributed by atoms with E-state index in [9.17, 15) is 0 Å². The molecule has 0 radical (unpaired) electrons. The third-order valence-corrected chi connectivity index (χ3v) is 2.96. The fourth-order valence-corrected chi connectivity index (χ4v) is 1.84. The van der Waals surface area contributed by atoms with Crippen LogP contribution in [0.1, 0.15) is 26.2 Å². The summed E-state index contributed by atoms with van der Waals surface area (Å²) in [6.07, 6.45) is 5.94. The van der Waals surface area contributed by atoms with Gasteiger partial charge in [-0.15, -0.1) is 0 Å². The summed E-state index contributed by atoms with van der Waals surface area (Å²) in [4.78, 5) is 1.24. The minimum absolute atomic E-state index is 0.796.